The Morgan fingerprint density at radius 1 is 1.00 bits per heavy atom. The van der Waals surface area contributed by atoms with E-state index in [4.69, 9.17) is 10.00 Å². The molecule has 0 aliphatic carbocycles. The second kappa shape index (κ2) is 9.03. The number of nitrogens with one attached hydrogen (secondary N) is 2. The minimum absolute atomic E-state index is 0.394. The van der Waals surface area contributed by atoms with Crippen LogP contribution < -0.4 is 15.5 Å². The maximum atomic E-state index is 12.4. The van der Waals surface area contributed by atoms with Crippen LogP contribution in [-0.2, 0) is 4.74 Å². The molecule has 1 aliphatic heterocycles. The second-order valence-electron chi connectivity index (χ2n) is 6.68. The standard InChI is InChI=1S/C22H20N6O2/c23-15-16-3-1-5-18(13-16)26-22(29)27-19-6-2-4-17(14-19)20-21(25-8-7-24-20)28-9-11-30-12-10-28/h1-8,13-14H,9-12H2,(H2,26,27,29). The third kappa shape index (κ3) is 4.54. The van der Waals surface area contributed by atoms with Crippen LogP contribution in [0.2, 0.25) is 0 Å². The Balaban J connectivity index is 1.52. The summed E-state index contributed by atoms with van der Waals surface area (Å²) < 4.78 is 5.43. The molecule has 0 atom stereocenters. The molecule has 1 aliphatic rings. The van der Waals surface area contributed by atoms with E-state index in [0.717, 1.165) is 30.2 Å². The molecule has 30 heavy (non-hydrogen) atoms. The Hall–Kier alpha value is -3.96. The summed E-state index contributed by atoms with van der Waals surface area (Å²) in [6, 6.07) is 15.9. The van der Waals surface area contributed by atoms with Crippen LogP contribution in [-0.4, -0.2) is 42.3 Å². The largest absolute Gasteiger partial charge is 0.378 e. The lowest BCUT2D eigenvalue weighted by molar-refractivity contribution is 0.122. The summed E-state index contributed by atoms with van der Waals surface area (Å²) in [6.45, 7) is 2.83. The van der Waals surface area contributed by atoms with Crippen molar-refractivity contribution in [1.29, 1.82) is 5.26 Å². The molecular formula is C22H20N6O2. The number of nitrogens with zero attached hydrogens (tertiary/aromatic N) is 4. The maximum Gasteiger partial charge on any atom is 0.323 e. The van der Waals surface area contributed by atoms with Crippen molar-refractivity contribution in [3.8, 4) is 17.3 Å². The Morgan fingerprint density at radius 2 is 1.70 bits per heavy atom. The zero-order chi connectivity index (χ0) is 20.8. The highest BCUT2D eigenvalue weighted by Gasteiger charge is 2.18. The first-order valence-corrected chi connectivity index (χ1v) is 9.55. The number of benzene rings is 2. The van der Waals surface area contributed by atoms with E-state index in [0.29, 0.717) is 30.2 Å². The van der Waals surface area contributed by atoms with Gasteiger partial charge in [-0.15, -0.1) is 0 Å². The van der Waals surface area contributed by atoms with Gasteiger partial charge in [-0.25, -0.2) is 9.78 Å². The van der Waals surface area contributed by atoms with Crippen molar-refractivity contribution in [2.45, 2.75) is 0 Å². The molecule has 0 spiro atoms. The van der Waals surface area contributed by atoms with Crippen LogP contribution in [0.5, 0.6) is 0 Å². The zero-order valence-corrected chi connectivity index (χ0v) is 16.2. The third-order valence-electron chi connectivity index (χ3n) is 4.63. The molecule has 4 rings (SSSR count). The molecule has 2 heterocycles. The van der Waals surface area contributed by atoms with Crippen molar-refractivity contribution in [2.24, 2.45) is 0 Å². The van der Waals surface area contributed by atoms with Gasteiger partial charge < -0.3 is 20.3 Å². The zero-order valence-electron chi connectivity index (χ0n) is 16.2. The average molecular weight is 400 g/mol. The molecule has 150 valence electrons. The van der Waals surface area contributed by atoms with Gasteiger partial charge in [0.1, 0.15) is 5.69 Å². The quantitative estimate of drug-likeness (QED) is 0.695. The topological polar surface area (TPSA) is 103 Å². The van der Waals surface area contributed by atoms with Crippen LogP contribution in [0.25, 0.3) is 11.3 Å². The normalized spacial score (nSPS) is 13.4. The second-order valence-corrected chi connectivity index (χ2v) is 6.68. The van der Waals surface area contributed by atoms with Gasteiger partial charge in [0.2, 0.25) is 0 Å². The lowest BCUT2D eigenvalue weighted by Gasteiger charge is -2.28. The smallest absolute Gasteiger partial charge is 0.323 e. The lowest BCUT2D eigenvalue weighted by Crippen LogP contribution is -2.37. The fourth-order valence-electron chi connectivity index (χ4n) is 3.25. The highest BCUT2D eigenvalue weighted by atomic mass is 16.5. The Morgan fingerprint density at radius 3 is 2.47 bits per heavy atom. The van der Waals surface area contributed by atoms with E-state index >= 15 is 0 Å². The van der Waals surface area contributed by atoms with Crippen molar-refractivity contribution >= 4 is 23.2 Å². The molecule has 0 saturated carbocycles. The molecule has 8 heteroatoms. The number of aromatic nitrogens is 2. The summed E-state index contributed by atoms with van der Waals surface area (Å²) in [5, 5.41) is 14.5. The van der Waals surface area contributed by atoms with Gasteiger partial charge in [0, 0.05) is 42.4 Å². The van der Waals surface area contributed by atoms with Crippen molar-refractivity contribution in [3.05, 3.63) is 66.5 Å². The molecule has 0 radical (unpaired) electrons. The van der Waals surface area contributed by atoms with Gasteiger partial charge in [0.25, 0.3) is 0 Å². The number of amides is 2. The number of hydrogen-bond donors (Lipinski definition) is 2. The average Bonchev–Trinajstić information content (AvgIpc) is 2.80. The van der Waals surface area contributed by atoms with E-state index in [-0.39, 0.29) is 0 Å². The van der Waals surface area contributed by atoms with E-state index < -0.39 is 6.03 Å². The number of nitriles is 1. The molecule has 2 N–H and O–H groups in total. The molecule has 0 unspecified atom stereocenters. The van der Waals surface area contributed by atoms with Crippen LogP contribution in [0.15, 0.2) is 60.9 Å². The van der Waals surface area contributed by atoms with Gasteiger partial charge in [-0.1, -0.05) is 18.2 Å². The fourth-order valence-corrected chi connectivity index (χ4v) is 3.25. The highest BCUT2D eigenvalue weighted by Crippen LogP contribution is 2.29. The van der Waals surface area contributed by atoms with Crippen LogP contribution >= 0.6 is 0 Å². The van der Waals surface area contributed by atoms with Crippen LogP contribution in [0.3, 0.4) is 0 Å². The lowest BCUT2D eigenvalue weighted by atomic mass is 10.1. The van der Waals surface area contributed by atoms with E-state index in [1.165, 1.54) is 0 Å². The minimum Gasteiger partial charge on any atom is -0.378 e. The van der Waals surface area contributed by atoms with Crippen LogP contribution in [0.4, 0.5) is 22.0 Å². The monoisotopic (exact) mass is 400 g/mol. The molecule has 8 nitrogen and oxygen atoms in total. The van der Waals surface area contributed by atoms with Gasteiger partial charge in [0.05, 0.1) is 24.8 Å². The number of carbonyl (C=O) groups is 1. The number of urea groups is 1. The van der Waals surface area contributed by atoms with Crippen molar-refractivity contribution < 1.29 is 9.53 Å². The molecular weight excluding hydrogens is 380 g/mol. The predicted octanol–water partition coefficient (Wildman–Crippen LogP) is 3.50. The Bertz CT molecular complexity index is 1090. The van der Waals surface area contributed by atoms with Gasteiger partial charge in [0.15, 0.2) is 5.82 Å². The number of anilines is 3. The van der Waals surface area contributed by atoms with Crippen molar-refractivity contribution in [2.75, 3.05) is 41.8 Å². The van der Waals surface area contributed by atoms with E-state index in [9.17, 15) is 4.79 Å². The summed E-state index contributed by atoms with van der Waals surface area (Å²) >= 11 is 0. The first-order chi connectivity index (χ1) is 14.7. The summed E-state index contributed by atoms with van der Waals surface area (Å²) in [4.78, 5) is 23.6. The number of carbonyl (C=O) groups excluding carboxylic acids is 1. The molecule has 0 bridgehead atoms. The van der Waals surface area contributed by atoms with Gasteiger partial charge >= 0.3 is 6.03 Å². The van der Waals surface area contributed by atoms with Gasteiger partial charge in [-0.05, 0) is 30.3 Å². The number of hydrogen-bond acceptors (Lipinski definition) is 6. The first-order valence-electron chi connectivity index (χ1n) is 9.55. The van der Waals surface area contributed by atoms with E-state index in [2.05, 4.69) is 31.6 Å². The van der Waals surface area contributed by atoms with Gasteiger partial charge in [-0.2, -0.15) is 5.26 Å². The van der Waals surface area contributed by atoms with Crippen molar-refractivity contribution in [1.82, 2.24) is 9.97 Å². The third-order valence-corrected chi connectivity index (χ3v) is 4.63. The maximum absolute atomic E-state index is 12.4. The van der Waals surface area contributed by atoms with Crippen LogP contribution in [0, 0.1) is 11.3 Å². The number of rotatable bonds is 4. The SMILES string of the molecule is N#Cc1cccc(NC(=O)Nc2cccc(-c3nccnc3N3CCOCC3)c2)c1. The minimum atomic E-state index is -0.394. The summed E-state index contributed by atoms with van der Waals surface area (Å²) in [7, 11) is 0. The first kappa shape index (κ1) is 19.4. The molecule has 1 saturated heterocycles. The summed E-state index contributed by atoms with van der Waals surface area (Å²) in [5.74, 6) is 0.802. The van der Waals surface area contributed by atoms with E-state index in [1.807, 2.05) is 18.2 Å². The van der Waals surface area contributed by atoms with Crippen LogP contribution in [0.1, 0.15) is 5.56 Å². The summed E-state index contributed by atoms with van der Waals surface area (Å²) in [5.41, 5.74) is 3.26. The fraction of sp³-hybridized carbons (Fsp3) is 0.182. The Labute approximate surface area is 174 Å². The predicted molar refractivity (Wildman–Crippen MR) is 114 cm³/mol. The number of ether oxygens (including phenoxy) is 1. The molecule has 2 aromatic carbocycles. The molecule has 3 aromatic rings. The van der Waals surface area contributed by atoms with E-state index in [1.54, 1.807) is 42.7 Å². The Kier molecular flexibility index (Phi) is 5.83. The highest BCUT2D eigenvalue weighted by molar-refractivity contribution is 6.00. The molecule has 2 amide bonds. The van der Waals surface area contributed by atoms with Crippen molar-refractivity contribution in [3.63, 3.8) is 0 Å². The number of morpholine rings is 1. The molecule has 1 aromatic heterocycles. The molecule has 1 fully saturated rings. The van der Waals surface area contributed by atoms with Gasteiger partial charge in [-0.3, -0.25) is 4.98 Å². The summed E-state index contributed by atoms with van der Waals surface area (Å²) in [6.07, 6.45) is 3.34.